The van der Waals surface area contributed by atoms with Gasteiger partial charge in [0.1, 0.15) is 4.32 Å². The van der Waals surface area contributed by atoms with Crippen molar-refractivity contribution in [3.8, 4) is 0 Å². The maximum atomic E-state index is 12.7. The van der Waals surface area contributed by atoms with Gasteiger partial charge >= 0.3 is 0 Å². The van der Waals surface area contributed by atoms with Gasteiger partial charge in [-0.2, -0.15) is 0 Å². The Morgan fingerprint density at radius 3 is 2.58 bits per heavy atom. The third-order valence-corrected chi connectivity index (χ3v) is 6.67. The number of nitrogens with one attached hydrogen (secondary N) is 1. The molecule has 0 atom stereocenters. The summed E-state index contributed by atoms with van der Waals surface area (Å²) in [5, 5.41) is 3.72. The van der Waals surface area contributed by atoms with Gasteiger partial charge in [-0.3, -0.25) is 14.5 Å². The number of thiocarbonyl (C=S) groups is 1. The molecular formula is C23H22Cl2N2O2S2. The van der Waals surface area contributed by atoms with E-state index in [4.69, 9.17) is 35.4 Å². The molecule has 1 fully saturated rings. The molecule has 0 aromatic heterocycles. The SMILES string of the molecule is Cc1ccc(/C=C2\SC(=S)N(CCCCCC(=O)Nc3ccc(Cl)cc3Cl)C2=O)cc1. The van der Waals surface area contributed by atoms with Gasteiger partial charge in [0.05, 0.1) is 15.6 Å². The van der Waals surface area contributed by atoms with Crippen molar-refractivity contribution in [2.75, 3.05) is 11.9 Å². The molecule has 0 radical (unpaired) electrons. The van der Waals surface area contributed by atoms with Crippen molar-refractivity contribution in [3.05, 3.63) is 68.5 Å². The maximum absolute atomic E-state index is 12.7. The van der Waals surface area contributed by atoms with Crippen LogP contribution in [0.5, 0.6) is 0 Å². The Hall–Kier alpha value is -1.86. The van der Waals surface area contributed by atoms with E-state index in [1.165, 1.54) is 17.3 Å². The number of amides is 2. The summed E-state index contributed by atoms with van der Waals surface area (Å²) < 4.78 is 0.582. The van der Waals surface area contributed by atoms with E-state index in [9.17, 15) is 9.59 Å². The predicted octanol–water partition coefficient (Wildman–Crippen LogP) is 6.70. The van der Waals surface area contributed by atoms with E-state index >= 15 is 0 Å². The first-order valence-corrected chi connectivity index (χ1v) is 11.9. The monoisotopic (exact) mass is 492 g/mol. The molecule has 2 aromatic rings. The standard InChI is InChI=1S/C23H22Cl2N2O2S2/c1-15-6-8-16(9-7-15)13-20-22(29)27(23(30)31-20)12-4-2-3-5-21(28)26-19-11-10-17(24)14-18(19)25/h6-11,13-14H,2-5,12H2,1H3,(H,26,28)/b20-13-. The number of carbonyl (C=O) groups excluding carboxylic acids is 2. The van der Waals surface area contributed by atoms with Gasteiger partial charge in [0.15, 0.2) is 0 Å². The summed E-state index contributed by atoms with van der Waals surface area (Å²) in [7, 11) is 0. The van der Waals surface area contributed by atoms with Crippen molar-refractivity contribution in [1.29, 1.82) is 0 Å². The van der Waals surface area contributed by atoms with Gasteiger partial charge in [-0.05, 0) is 49.6 Å². The molecule has 1 N–H and O–H groups in total. The van der Waals surface area contributed by atoms with Gasteiger partial charge in [0.25, 0.3) is 5.91 Å². The Kier molecular flexibility index (Phi) is 8.55. The van der Waals surface area contributed by atoms with Crippen LogP contribution in [0.2, 0.25) is 10.0 Å². The summed E-state index contributed by atoms with van der Waals surface area (Å²) in [6.45, 7) is 2.58. The van der Waals surface area contributed by atoms with Crippen molar-refractivity contribution in [1.82, 2.24) is 4.90 Å². The number of rotatable bonds is 8. The zero-order chi connectivity index (χ0) is 22.4. The number of halogens is 2. The summed E-state index contributed by atoms with van der Waals surface area (Å²) in [5.74, 6) is -0.151. The van der Waals surface area contributed by atoms with Crippen LogP contribution in [0.4, 0.5) is 5.69 Å². The third kappa shape index (κ3) is 6.81. The number of hydrogen-bond donors (Lipinski definition) is 1. The molecule has 1 heterocycles. The smallest absolute Gasteiger partial charge is 0.266 e. The number of unbranched alkanes of at least 4 members (excludes halogenated alkanes) is 2. The highest BCUT2D eigenvalue weighted by atomic mass is 35.5. The Morgan fingerprint density at radius 1 is 1.13 bits per heavy atom. The van der Waals surface area contributed by atoms with E-state index in [2.05, 4.69) is 5.32 Å². The Morgan fingerprint density at radius 2 is 1.87 bits per heavy atom. The molecular weight excluding hydrogens is 471 g/mol. The fourth-order valence-corrected chi connectivity index (χ4v) is 4.81. The lowest BCUT2D eigenvalue weighted by Crippen LogP contribution is -2.29. The van der Waals surface area contributed by atoms with Crippen LogP contribution in [0.1, 0.15) is 36.8 Å². The molecule has 162 valence electrons. The average molecular weight is 493 g/mol. The Balaban J connectivity index is 1.42. The molecule has 4 nitrogen and oxygen atoms in total. The summed E-state index contributed by atoms with van der Waals surface area (Å²) in [6.07, 6.45) is 4.57. The minimum absolute atomic E-state index is 0.0503. The largest absolute Gasteiger partial charge is 0.325 e. The van der Waals surface area contributed by atoms with E-state index < -0.39 is 0 Å². The van der Waals surface area contributed by atoms with E-state index in [0.717, 1.165) is 18.4 Å². The zero-order valence-corrected chi connectivity index (χ0v) is 20.1. The van der Waals surface area contributed by atoms with Crippen LogP contribution in [0.3, 0.4) is 0 Å². The van der Waals surface area contributed by atoms with Crippen LogP contribution in [-0.2, 0) is 9.59 Å². The fraction of sp³-hybridized carbons (Fsp3) is 0.261. The molecule has 31 heavy (non-hydrogen) atoms. The van der Waals surface area contributed by atoms with Gasteiger partial charge in [0.2, 0.25) is 5.91 Å². The fourth-order valence-electron chi connectivity index (χ4n) is 3.04. The highest BCUT2D eigenvalue weighted by molar-refractivity contribution is 8.26. The second kappa shape index (κ2) is 11.1. The highest BCUT2D eigenvalue weighted by Gasteiger charge is 2.31. The van der Waals surface area contributed by atoms with Gasteiger partial charge in [0, 0.05) is 18.0 Å². The lowest BCUT2D eigenvalue weighted by Gasteiger charge is -2.14. The lowest BCUT2D eigenvalue weighted by atomic mass is 10.1. The second-order valence-corrected chi connectivity index (χ2v) is 9.75. The first-order valence-electron chi connectivity index (χ1n) is 9.90. The molecule has 0 spiro atoms. The second-order valence-electron chi connectivity index (χ2n) is 7.23. The maximum Gasteiger partial charge on any atom is 0.266 e. The molecule has 0 aliphatic carbocycles. The molecule has 8 heteroatoms. The number of thioether (sulfide) groups is 1. The van der Waals surface area contributed by atoms with Gasteiger partial charge in [-0.25, -0.2) is 0 Å². The molecule has 1 aliphatic heterocycles. The average Bonchev–Trinajstić information content (AvgIpc) is 2.98. The zero-order valence-electron chi connectivity index (χ0n) is 17.0. The van der Waals surface area contributed by atoms with Crippen LogP contribution in [0.15, 0.2) is 47.4 Å². The molecule has 1 aliphatic rings. The summed E-state index contributed by atoms with van der Waals surface area (Å²) >= 11 is 18.7. The number of anilines is 1. The minimum atomic E-state index is -0.101. The normalized spacial score (nSPS) is 15.1. The van der Waals surface area contributed by atoms with Crippen LogP contribution in [0, 0.1) is 6.92 Å². The topological polar surface area (TPSA) is 49.4 Å². The minimum Gasteiger partial charge on any atom is -0.325 e. The van der Waals surface area contributed by atoms with E-state index in [1.807, 2.05) is 37.3 Å². The number of carbonyl (C=O) groups is 2. The molecule has 0 bridgehead atoms. The summed E-state index contributed by atoms with van der Waals surface area (Å²) in [6, 6.07) is 13.0. The summed E-state index contributed by atoms with van der Waals surface area (Å²) in [5.41, 5.74) is 2.71. The molecule has 1 saturated heterocycles. The predicted molar refractivity (Wildman–Crippen MR) is 135 cm³/mol. The van der Waals surface area contributed by atoms with Crippen molar-refractivity contribution < 1.29 is 9.59 Å². The number of benzene rings is 2. The number of nitrogens with zero attached hydrogens (tertiary/aromatic N) is 1. The van der Waals surface area contributed by atoms with Crippen molar-refractivity contribution >= 4 is 75.1 Å². The number of aryl methyl sites for hydroxylation is 1. The lowest BCUT2D eigenvalue weighted by molar-refractivity contribution is -0.122. The van der Waals surface area contributed by atoms with Crippen LogP contribution < -0.4 is 5.32 Å². The van der Waals surface area contributed by atoms with Gasteiger partial charge in [-0.1, -0.05) is 83.4 Å². The first-order chi connectivity index (χ1) is 14.8. The highest BCUT2D eigenvalue weighted by Crippen LogP contribution is 2.33. The van der Waals surface area contributed by atoms with E-state index in [1.54, 1.807) is 23.1 Å². The van der Waals surface area contributed by atoms with Crippen LogP contribution >= 0.6 is 47.2 Å². The van der Waals surface area contributed by atoms with Crippen molar-refractivity contribution in [3.63, 3.8) is 0 Å². The summed E-state index contributed by atoms with van der Waals surface area (Å²) in [4.78, 5) is 27.1. The first kappa shape index (κ1) is 23.8. The molecule has 0 unspecified atom stereocenters. The van der Waals surface area contributed by atoms with Gasteiger partial charge in [-0.15, -0.1) is 0 Å². The third-order valence-electron chi connectivity index (χ3n) is 4.74. The van der Waals surface area contributed by atoms with Crippen LogP contribution in [-0.4, -0.2) is 27.6 Å². The van der Waals surface area contributed by atoms with Crippen molar-refractivity contribution in [2.45, 2.75) is 32.6 Å². The number of hydrogen-bond acceptors (Lipinski definition) is 4. The molecule has 3 rings (SSSR count). The molecule has 0 saturated carbocycles. The van der Waals surface area contributed by atoms with E-state index in [-0.39, 0.29) is 11.8 Å². The van der Waals surface area contributed by atoms with Crippen molar-refractivity contribution in [2.24, 2.45) is 0 Å². The Bertz CT molecular complexity index is 1020. The van der Waals surface area contributed by atoms with Gasteiger partial charge < -0.3 is 5.32 Å². The molecule has 2 aromatic carbocycles. The molecule has 2 amide bonds. The Labute approximate surface area is 202 Å². The van der Waals surface area contributed by atoms with E-state index in [0.29, 0.717) is 44.3 Å². The van der Waals surface area contributed by atoms with Crippen LogP contribution in [0.25, 0.3) is 6.08 Å². The quantitative estimate of drug-likeness (QED) is 0.253.